The molecule has 25 heavy (non-hydrogen) atoms. The average molecular weight is 347 g/mol. The van der Waals surface area contributed by atoms with E-state index in [1.807, 2.05) is 0 Å². The van der Waals surface area contributed by atoms with Crippen LogP contribution in [0.25, 0.3) is 0 Å². The van der Waals surface area contributed by atoms with Gasteiger partial charge in [-0.25, -0.2) is 0 Å². The molecule has 1 fully saturated rings. The van der Waals surface area contributed by atoms with Crippen molar-refractivity contribution in [1.29, 1.82) is 0 Å². The van der Waals surface area contributed by atoms with E-state index in [4.69, 9.17) is 20.8 Å². The van der Waals surface area contributed by atoms with Crippen LogP contribution in [0.5, 0.6) is 0 Å². The maximum absolute atomic E-state index is 5.92. The molecular weight excluding hydrogens is 313 g/mol. The smallest absolute Gasteiger partial charge is 0.407 e. The molecule has 0 unspecified atom stereocenters. The second-order valence-corrected chi connectivity index (χ2v) is 7.78. The molecule has 1 saturated heterocycles. The SMILES string of the molecule is CC1(C)COB(c2cccc(CN(CCCN)CCCCN)c2)OC1. The van der Waals surface area contributed by atoms with Crippen molar-refractivity contribution in [2.75, 3.05) is 39.4 Å². The molecule has 0 amide bonds. The average Bonchev–Trinajstić information content (AvgIpc) is 2.60. The van der Waals surface area contributed by atoms with E-state index in [0.29, 0.717) is 0 Å². The molecule has 0 saturated carbocycles. The molecule has 4 N–H and O–H groups in total. The molecule has 1 aliphatic heterocycles. The first-order chi connectivity index (χ1) is 12.0. The lowest BCUT2D eigenvalue weighted by Gasteiger charge is -2.33. The van der Waals surface area contributed by atoms with Gasteiger partial charge in [-0.3, -0.25) is 4.90 Å². The van der Waals surface area contributed by atoms with Crippen LogP contribution in [0.4, 0.5) is 0 Å². The fourth-order valence-corrected chi connectivity index (χ4v) is 3.05. The summed E-state index contributed by atoms with van der Waals surface area (Å²) in [5.41, 5.74) is 13.8. The Morgan fingerprint density at radius 3 is 2.40 bits per heavy atom. The largest absolute Gasteiger partial charge is 0.493 e. The van der Waals surface area contributed by atoms with E-state index in [1.54, 1.807) is 0 Å². The Morgan fingerprint density at radius 2 is 1.72 bits per heavy atom. The van der Waals surface area contributed by atoms with Crippen molar-refractivity contribution in [1.82, 2.24) is 4.90 Å². The summed E-state index contributed by atoms with van der Waals surface area (Å²) < 4.78 is 11.8. The van der Waals surface area contributed by atoms with Gasteiger partial charge in [0.05, 0.1) is 0 Å². The highest BCUT2D eigenvalue weighted by molar-refractivity contribution is 6.61. The van der Waals surface area contributed by atoms with Crippen molar-refractivity contribution in [2.45, 2.75) is 39.7 Å². The number of benzene rings is 1. The summed E-state index contributed by atoms with van der Waals surface area (Å²) in [5, 5.41) is 0. The standard InChI is InChI=1S/C19H34BN3O2/c1-19(2)15-24-20(25-16-19)18-8-5-7-17(13-18)14-23(12-6-10-22)11-4-3-9-21/h5,7-8,13H,3-4,6,9-12,14-16,21-22H2,1-2H3. The monoisotopic (exact) mass is 347 g/mol. The van der Waals surface area contributed by atoms with E-state index in [1.165, 1.54) is 5.56 Å². The Hall–Kier alpha value is -0.915. The third-order valence-corrected chi connectivity index (χ3v) is 4.49. The van der Waals surface area contributed by atoms with Gasteiger partial charge in [0, 0.05) is 25.2 Å². The number of unbranched alkanes of at least 4 members (excludes halogenated alkanes) is 1. The van der Waals surface area contributed by atoms with Gasteiger partial charge < -0.3 is 20.8 Å². The fraction of sp³-hybridized carbons (Fsp3) is 0.684. The summed E-state index contributed by atoms with van der Waals surface area (Å²) in [6.07, 6.45) is 3.22. The molecule has 0 aliphatic carbocycles. The number of hydrogen-bond donors (Lipinski definition) is 2. The summed E-state index contributed by atoms with van der Waals surface area (Å²) in [5.74, 6) is 0. The molecule has 0 bridgehead atoms. The molecule has 140 valence electrons. The Balaban J connectivity index is 1.96. The molecule has 0 radical (unpaired) electrons. The second-order valence-electron chi connectivity index (χ2n) is 7.78. The van der Waals surface area contributed by atoms with Crippen molar-refractivity contribution in [3.8, 4) is 0 Å². The number of nitrogens with zero attached hydrogens (tertiary/aromatic N) is 1. The maximum Gasteiger partial charge on any atom is 0.493 e. The van der Waals surface area contributed by atoms with E-state index in [0.717, 1.165) is 70.7 Å². The Labute approximate surface area is 153 Å². The topological polar surface area (TPSA) is 73.7 Å². The van der Waals surface area contributed by atoms with Gasteiger partial charge in [0.15, 0.2) is 0 Å². The van der Waals surface area contributed by atoms with E-state index in [-0.39, 0.29) is 12.5 Å². The maximum atomic E-state index is 5.92. The zero-order valence-corrected chi connectivity index (χ0v) is 15.9. The summed E-state index contributed by atoms with van der Waals surface area (Å²) >= 11 is 0. The molecule has 0 spiro atoms. The first kappa shape index (κ1) is 20.4. The third-order valence-electron chi connectivity index (χ3n) is 4.49. The highest BCUT2D eigenvalue weighted by Gasteiger charge is 2.33. The molecule has 5 nitrogen and oxygen atoms in total. The zero-order chi connectivity index (χ0) is 18.1. The van der Waals surface area contributed by atoms with Crippen molar-refractivity contribution in [3.05, 3.63) is 29.8 Å². The van der Waals surface area contributed by atoms with Crippen LogP contribution in [0, 0.1) is 5.41 Å². The summed E-state index contributed by atoms with van der Waals surface area (Å²) in [4.78, 5) is 2.47. The van der Waals surface area contributed by atoms with Crippen LogP contribution in [0.2, 0.25) is 0 Å². The van der Waals surface area contributed by atoms with Crippen LogP contribution in [0.1, 0.15) is 38.7 Å². The molecule has 0 atom stereocenters. The van der Waals surface area contributed by atoms with Gasteiger partial charge in [-0.2, -0.15) is 0 Å². The predicted octanol–water partition coefficient (Wildman–Crippen LogP) is 1.34. The molecular formula is C19H34BN3O2. The summed E-state index contributed by atoms with van der Waals surface area (Å²) in [6, 6.07) is 8.57. The van der Waals surface area contributed by atoms with E-state index < -0.39 is 0 Å². The predicted molar refractivity (Wildman–Crippen MR) is 105 cm³/mol. The zero-order valence-electron chi connectivity index (χ0n) is 15.9. The van der Waals surface area contributed by atoms with Crippen molar-refractivity contribution >= 4 is 12.6 Å². The summed E-state index contributed by atoms with van der Waals surface area (Å²) in [7, 11) is -0.247. The quantitative estimate of drug-likeness (QED) is 0.494. The van der Waals surface area contributed by atoms with Gasteiger partial charge in [-0.15, -0.1) is 0 Å². The molecule has 1 aromatic carbocycles. The third kappa shape index (κ3) is 7.08. The van der Waals surface area contributed by atoms with Crippen molar-refractivity contribution in [3.63, 3.8) is 0 Å². The Bertz CT molecular complexity index is 503. The minimum atomic E-state index is -0.247. The molecule has 1 heterocycles. The Kier molecular flexibility index (Phi) is 8.39. The van der Waals surface area contributed by atoms with Gasteiger partial charge >= 0.3 is 7.12 Å². The van der Waals surface area contributed by atoms with E-state index in [2.05, 4.69) is 43.0 Å². The second kappa shape index (κ2) is 10.3. The lowest BCUT2D eigenvalue weighted by molar-refractivity contribution is 0.0343. The van der Waals surface area contributed by atoms with Gasteiger partial charge in [-0.1, -0.05) is 38.1 Å². The Morgan fingerprint density at radius 1 is 1.04 bits per heavy atom. The highest BCUT2D eigenvalue weighted by Crippen LogP contribution is 2.21. The van der Waals surface area contributed by atoms with Crippen LogP contribution in [-0.2, 0) is 15.9 Å². The van der Waals surface area contributed by atoms with Gasteiger partial charge in [0.1, 0.15) is 0 Å². The minimum Gasteiger partial charge on any atom is -0.407 e. The molecule has 2 rings (SSSR count). The van der Waals surface area contributed by atoms with Gasteiger partial charge in [0.2, 0.25) is 0 Å². The van der Waals surface area contributed by atoms with E-state index in [9.17, 15) is 0 Å². The van der Waals surface area contributed by atoms with Crippen molar-refractivity contribution in [2.24, 2.45) is 16.9 Å². The van der Waals surface area contributed by atoms with Crippen LogP contribution in [0.3, 0.4) is 0 Å². The highest BCUT2D eigenvalue weighted by atomic mass is 16.6. The van der Waals surface area contributed by atoms with Crippen LogP contribution in [-0.4, -0.2) is 51.4 Å². The molecule has 0 aromatic heterocycles. The van der Waals surface area contributed by atoms with Gasteiger partial charge in [0.25, 0.3) is 0 Å². The lowest BCUT2D eigenvalue weighted by atomic mass is 9.75. The molecule has 6 heteroatoms. The fourth-order valence-electron chi connectivity index (χ4n) is 3.05. The number of nitrogens with two attached hydrogens (primary N) is 2. The van der Waals surface area contributed by atoms with Crippen LogP contribution >= 0.6 is 0 Å². The number of hydrogen-bond acceptors (Lipinski definition) is 5. The minimum absolute atomic E-state index is 0.0934. The first-order valence-electron chi connectivity index (χ1n) is 9.48. The lowest BCUT2D eigenvalue weighted by Crippen LogP contribution is -2.47. The number of rotatable bonds is 10. The normalized spacial score (nSPS) is 17.2. The van der Waals surface area contributed by atoms with Crippen LogP contribution in [0.15, 0.2) is 24.3 Å². The first-order valence-corrected chi connectivity index (χ1v) is 9.48. The molecule has 1 aromatic rings. The summed E-state index contributed by atoms with van der Waals surface area (Å²) in [6.45, 7) is 10.3. The van der Waals surface area contributed by atoms with E-state index >= 15 is 0 Å². The molecule has 1 aliphatic rings. The van der Waals surface area contributed by atoms with Crippen LogP contribution < -0.4 is 16.9 Å². The van der Waals surface area contributed by atoms with Crippen molar-refractivity contribution < 1.29 is 9.31 Å². The van der Waals surface area contributed by atoms with Gasteiger partial charge in [-0.05, 0) is 56.5 Å².